The number of aromatic nitrogens is 4. The van der Waals surface area contributed by atoms with Crippen molar-refractivity contribution in [3.8, 4) is 0 Å². The third-order valence-electron chi connectivity index (χ3n) is 2.22. The first-order chi connectivity index (χ1) is 8.72. The molecule has 7 nitrogen and oxygen atoms in total. The van der Waals surface area contributed by atoms with Crippen LogP contribution in [0, 0.1) is 5.95 Å². The average molecular weight is 250 g/mol. The van der Waals surface area contributed by atoms with Gasteiger partial charge in [0.25, 0.3) is 5.91 Å². The lowest BCUT2D eigenvalue weighted by atomic mass is 10.4. The molecule has 0 radical (unpaired) electrons. The maximum Gasteiger partial charge on any atom is 0.289 e. The van der Waals surface area contributed by atoms with Crippen LogP contribution in [0.15, 0.2) is 23.6 Å². The number of hydrogen-bond donors (Lipinski definition) is 2. The topological polar surface area (TPSA) is 88.0 Å². The Kier molecular flexibility index (Phi) is 3.46. The summed E-state index contributed by atoms with van der Waals surface area (Å²) in [5.74, 6) is -0.941. The molecule has 1 amide bonds. The number of nitrogens with one attached hydrogen (secondary N) is 2. The number of hydrazone groups is 1. The highest BCUT2D eigenvalue weighted by Crippen LogP contribution is 2.02. The Morgan fingerprint density at radius 3 is 3.17 bits per heavy atom. The first-order valence-corrected chi connectivity index (χ1v) is 5.26. The highest BCUT2D eigenvalue weighted by Gasteiger charge is 2.07. The minimum absolute atomic E-state index is 0.210. The van der Waals surface area contributed by atoms with Gasteiger partial charge in [-0.05, 0) is 13.0 Å². The fourth-order valence-electron chi connectivity index (χ4n) is 1.29. The first kappa shape index (κ1) is 12.0. The number of H-pyrrole nitrogens is 1. The Hall–Kier alpha value is -2.51. The van der Waals surface area contributed by atoms with Gasteiger partial charge in [-0.25, -0.2) is 10.1 Å². The summed E-state index contributed by atoms with van der Waals surface area (Å²) in [4.78, 5) is 11.4. The summed E-state index contributed by atoms with van der Waals surface area (Å²) in [6.07, 6.45) is 3.98. The van der Waals surface area contributed by atoms with Crippen molar-refractivity contribution in [2.75, 3.05) is 0 Å². The van der Waals surface area contributed by atoms with Crippen molar-refractivity contribution in [3.05, 3.63) is 35.7 Å². The fraction of sp³-hybridized carbons (Fsp3) is 0.200. The van der Waals surface area contributed by atoms with Crippen LogP contribution in [0.2, 0.25) is 0 Å². The molecule has 2 aromatic heterocycles. The van der Waals surface area contributed by atoms with Gasteiger partial charge in [-0.2, -0.15) is 19.7 Å². The van der Waals surface area contributed by atoms with Crippen LogP contribution < -0.4 is 5.43 Å². The van der Waals surface area contributed by atoms with Crippen molar-refractivity contribution < 1.29 is 9.18 Å². The van der Waals surface area contributed by atoms with Crippen LogP contribution >= 0.6 is 0 Å². The average Bonchev–Trinajstić information content (AvgIpc) is 3.00. The van der Waals surface area contributed by atoms with Crippen LogP contribution in [0.1, 0.15) is 23.0 Å². The second-order valence-electron chi connectivity index (χ2n) is 3.38. The van der Waals surface area contributed by atoms with Gasteiger partial charge in [0, 0.05) is 12.7 Å². The zero-order valence-electron chi connectivity index (χ0n) is 9.59. The molecule has 8 heteroatoms. The van der Waals surface area contributed by atoms with E-state index in [0.717, 1.165) is 0 Å². The summed E-state index contributed by atoms with van der Waals surface area (Å²) in [6.45, 7) is 2.21. The number of amides is 1. The van der Waals surface area contributed by atoms with Crippen molar-refractivity contribution in [2.24, 2.45) is 5.10 Å². The second kappa shape index (κ2) is 5.21. The van der Waals surface area contributed by atoms with E-state index in [0.29, 0.717) is 6.54 Å². The van der Waals surface area contributed by atoms with Gasteiger partial charge in [-0.1, -0.05) is 0 Å². The van der Waals surface area contributed by atoms with E-state index in [1.807, 2.05) is 0 Å². The molecule has 0 spiro atoms. The second-order valence-corrected chi connectivity index (χ2v) is 3.38. The number of hydrogen-bond acceptors (Lipinski definition) is 4. The van der Waals surface area contributed by atoms with Crippen molar-refractivity contribution in [3.63, 3.8) is 0 Å². The first-order valence-electron chi connectivity index (χ1n) is 5.26. The van der Waals surface area contributed by atoms with Crippen molar-refractivity contribution in [1.29, 1.82) is 0 Å². The van der Waals surface area contributed by atoms with Gasteiger partial charge >= 0.3 is 0 Å². The summed E-state index contributed by atoms with van der Waals surface area (Å²) >= 11 is 0. The number of carbonyl (C=O) groups excluding carboxylic acids is 1. The van der Waals surface area contributed by atoms with Gasteiger partial charge < -0.3 is 0 Å². The van der Waals surface area contributed by atoms with Crippen LogP contribution in [0.4, 0.5) is 4.39 Å². The number of carbonyl (C=O) groups is 1. The Morgan fingerprint density at radius 2 is 2.56 bits per heavy atom. The maximum atomic E-state index is 13.5. The molecule has 2 rings (SSSR count). The molecule has 0 aromatic carbocycles. The van der Waals surface area contributed by atoms with E-state index < -0.39 is 11.9 Å². The summed E-state index contributed by atoms with van der Waals surface area (Å²) in [7, 11) is 0. The molecule has 0 saturated carbocycles. The molecule has 0 aliphatic carbocycles. The largest absolute Gasteiger partial charge is 0.289 e. The quantitative estimate of drug-likeness (QED) is 0.612. The van der Waals surface area contributed by atoms with Gasteiger partial charge in [-0.15, -0.1) is 0 Å². The molecule has 2 N–H and O–H groups in total. The van der Waals surface area contributed by atoms with Gasteiger partial charge in [0.05, 0.1) is 18.0 Å². The van der Waals surface area contributed by atoms with E-state index >= 15 is 0 Å². The minimum atomic E-state index is -0.489. The number of rotatable bonds is 4. The van der Waals surface area contributed by atoms with E-state index in [2.05, 4.69) is 25.8 Å². The smallest absolute Gasteiger partial charge is 0.273 e. The van der Waals surface area contributed by atoms with Crippen LogP contribution in [-0.4, -0.2) is 32.1 Å². The van der Waals surface area contributed by atoms with Crippen LogP contribution in [0.25, 0.3) is 0 Å². The summed E-state index contributed by atoms with van der Waals surface area (Å²) in [5.41, 5.74) is 2.73. The molecule has 0 atom stereocenters. The molecule has 0 unspecified atom stereocenters. The normalized spacial score (nSPS) is 11.0. The third-order valence-corrected chi connectivity index (χ3v) is 2.22. The fourth-order valence-corrected chi connectivity index (χ4v) is 1.29. The van der Waals surface area contributed by atoms with Crippen molar-refractivity contribution in [2.45, 2.75) is 13.5 Å². The highest BCUT2D eigenvalue weighted by atomic mass is 19.1. The zero-order chi connectivity index (χ0) is 13.0. The maximum absolute atomic E-state index is 13.5. The Labute approximate surface area is 102 Å². The number of nitrogens with zero attached hydrogens (tertiary/aromatic N) is 4. The van der Waals surface area contributed by atoms with Gasteiger partial charge in [-0.3, -0.25) is 9.89 Å². The lowest BCUT2D eigenvalue weighted by Gasteiger charge is -1.95. The third kappa shape index (κ3) is 2.42. The molecule has 0 aliphatic heterocycles. The van der Waals surface area contributed by atoms with Crippen LogP contribution in [-0.2, 0) is 6.54 Å². The molecule has 94 valence electrons. The zero-order valence-corrected chi connectivity index (χ0v) is 9.59. The SMILES string of the molecule is CCn1ncc(C=NNC(=O)c2ccn[nH]2)c1F. The van der Waals surface area contributed by atoms with E-state index in [9.17, 15) is 9.18 Å². The Balaban J connectivity index is 1.99. The number of aromatic amines is 1. The van der Waals surface area contributed by atoms with E-state index in [4.69, 9.17) is 0 Å². The van der Waals surface area contributed by atoms with Crippen molar-refractivity contribution in [1.82, 2.24) is 25.4 Å². The van der Waals surface area contributed by atoms with Crippen molar-refractivity contribution >= 4 is 12.1 Å². The molecule has 2 aromatic rings. The van der Waals surface area contributed by atoms with E-state index in [1.165, 1.54) is 29.4 Å². The molecule has 0 fully saturated rings. The van der Waals surface area contributed by atoms with E-state index in [1.54, 1.807) is 6.92 Å². The van der Waals surface area contributed by atoms with Gasteiger partial charge in [0.1, 0.15) is 5.69 Å². The molecular formula is C10H11FN6O. The molecular weight excluding hydrogens is 239 g/mol. The minimum Gasteiger partial charge on any atom is -0.273 e. The standard InChI is InChI=1S/C10H11FN6O/c1-2-17-9(11)7(6-14-17)5-13-16-10(18)8-3-4-12-15-8/h3-6H,2H2,1H3,(H,12,15)(H,16,18). The lowest BCUT2D eigenvalue weighted by Crippen LogP contribution is -2.18. The molecule has 0 aliphatic rings. The summed E-state index contributed by atoms with van der Waals surface area (Å²) in [6, 6.07) is 1.50. The predicted octanol–water partition coefficient (Wildman–Crippen LogP) is 0.529. The summed E-state index contributed by atoms with van der Waals surface area (Å²) in [5, 5.41) is 13.6. The van der Waals surface area contributed by atoms with E-state index in [-0.39, 0.29) is 11.3 Å². The van der Waals surface area contributed by atoms with Gasteiger partial charge in [0.2, 0.25) is 5.95 Å². The van der Waals surface area contributed by atoms with Gasteiger partial charge in [0.15, 0.2) is 0 Å². The Bertz CT molecular complexity index is 559. The summed E-state index contributed by atoms with van der Waals surface area (Å²) < 4.78 is 14.7. The Morgan fingerprint density at radius 1 is 1.72 bits per heavy atom. The molecule has 0 saturated heterocycles. The number of aryl methyl sites for hydroxylation is 1. The molecule has 18 heavy (non-hydrogen) atoms. The molecule has 0 bridgehead atoms. The number of halogens is 1. The monoisotopic (exact) mass is 250 g/mol. The lowest BCUT2D eigenvalue weighted by molar-refractivity contribution is 0.0950. The van der Waals surface area contributed by atoms with Crippen LogP contribution in [0.3, 0.4) is 0 Å². The molecule has 2 heterocycles. The predicted molar refractivity (Wildman–Crippen MR) is 61.5 cm³/mol. The van der Waals surface area contributed by atoms with Crippen LogP contribution in [0.5, 0.6) is 0 Å². The highest BCUT2D eigenvalue weighted by molar-refractivity contribution is 5.92.